The van der Waals surface area contributed by atoms with E-state index in [0.29, 0.717) is 44.1 Å². The summed E-state index contributed by atoms with van der Waals surface area (Å²) in [6, 6.07) is 0. The summed E-state index contributed by atoms with van der Waals surface area (Å²) in [7, 11) is 6.17. The summed E-state index contributed by atoms with van der Waals surface area (Å²) in [5.74, 6) is -1.13. The highest BCUT2D eigenvalue weighted by molar-refractivity contribution is 5.87. The van der Waals surface area contributed by atoms with Crippen LogP contribution in [0.25, 0.3) is 0 Å². The van der Waals surface area contributed by atoms with Gasteiger partial charge < -0.3 is 112 Å². The highest BCUT2D eigenvalue weighted by atomic mass is 16.8. The first-order valence-corrected chi connectivity index (χ1v) is 30.7. The number of aliphatic hydroxyl groups excluding tert-OH is 7. The Bertz CT molecular complexity index is 2190. The molecule has 9 fully saturated rings. The van der Waals surface area contributed by atoms with Gasteiger partial charge in [0.05, 0.1) is 73.2 Å². The summed E-state index contributed by atoms with van der Waals surface area (Å²) in [4.78, 5) is 12.8. The topological polar surface area (TPSA) is 317 Å². The van der Waals surface area contributed by atoms with E-state index in [1.165, 1.54) is 7.11 Å². The number of aliphatic hydroxyl groups is 8. The molecule has 0 bridgehead atoms. The van der Waals surface area contributed by atoms with Gasteiger partial charge in [-0.15, -0.1) is 0 Å². The first-order chi connectivity index (χ1) is 39.8. The van der Waals surface area contributed by atoms with E-state index in [1.54, 1.807) is 55.1 Å². The number of allylic oxidation sites excluding steroid dienone is 1. The lowest BCUT2D eigenvalue weighted by molar-refractivity contribution is -0.374. The number of carbonyl (C=O) groups is 1. The molecule has 0 aromatic rings. The van der Waals surface area contributed by atoms with Gasteiger partial charge in [0.1, 0.15) is 67.1 Å². The number of hydrogen-bond donors (Lipinski definition) is 8. The molecular weight excluding hydrogens is 1100 g/mol. The van der Waals surface area contributed by atoms with Gasteiger partial charge in [-0.05, 0) is 117 Å². The second-order valence-electron chi connectivity index (χ2n) is 26.2. The Balaban J connectivity index is 0.754. The molecule has 33 atom stereocenters. The molecule has 9 rings (SSSR count). The third-order valence-electron chi connectivity index (χ3n) is 21.8. The Morgan fingerprint density at radius 1 is 0.595 bits per heavy atom. The maximum Gasteiger partial charge on any atom is 0.333 e. The number of carbonyl (C=O) groups excluding carboxylic acids is 1. The number of esters is 1. The molecule has 0 radical (unpaired) electrons. The Labute approximate surface area is 494 Å². The van der Waals surface area contributed by atoms with Crippen LogP contribution in [0, 0.1) is 34.5 Å². The van der Waals surface area contributed by atoms with Crippen molar-refractivity contribution in [2.24, 2.45) is 34.5 Å². The molecule has 84 heavy (non-hydrogen) atoms. The molecule has 5 aliphatic heterocycles. The van der Waals surface area contributed by atoms with Crippen molar-refractivity contribution in [1.82, 2.24) is 0 Å². The largest absolute Gasteiger partial charge is 0.459 e. The molecule has 4 aliphatic carbocycles. The van der Waals surface area contributed by atoms with Gasteiger partial charge in [0.2, 0.25) is 0 Å². The van der Waals surface area contributed by atoms with Crippen LogP contribution in [0.1, 0.15) is 127 Å². The van der Waals surface area contributed by atoms with Crippen molar-refractivity contribution in [3.63, 3.8) is 0 Å². The van der Waals surface area contributed by atoms with Crippen LogP contribution in [-0.4, -0.2) is 247 Å². The van der Waals surface area contributed by atoms with E-state index >= 15 is 0 Å². The molecule has 0 spiro atoms. The van der Waals surface area contributed by atoms with E-state index in [0.717, 1.165) is 19.3 Å². The van der Waals surface area contributed by atoms with Crippen molar-refractivity contribution in [3.8, 4) is 0 Å². The summed E-state index contributed by atoms with van der Waals surface area (Å²) in [6.07, 6.45) is -15.6. The third kappa shape index (κ3) is 12.3. The van der Waals surface area contributed by atoms with Crippen LogP contribution in [0.5, 0.6) is 0 Å². The van der Waals surface area contributed by atoms with Crippen LogP contribution >= 0.6 is 0 Å². The van der Waals surface area contributed by atoms with E-state index in [-0.39, 0.29) is 41.6 Å². The maximum absolute atomic E-state index is 12.8. The van der Waals surface area contributed by atoms with Gasteiger partial charge in [-0.1, -0.05) is 19.9 Å². The number of rotatable bonds is 18. The zero-order valence-corrected chi connectivity index (χ0v) is 51.3. The van der Waals surface area contributed by atoms with Crippen LogP contribution in [0.4, 0.5) is 0 Å². The third-order valence-corrected chi connectivity index (χ3v) is 21.8. The van der Waals surface area contributed by atoms with E-state index in [9.17, 15) is 45.6 Å². The molecule has 0 aromatic heterocycles. The Hall–Kier alpha value is -1.67. The lowest BCUT2D eigenvalue weighted by Gasteiger charge is -2.66. The predicted molar refractivity (Wildman–Crippen MR) is 293 cm³/mol. The molecule has 24 nitrogen and oxygen atoms in total. The predicted octanol–water partition coefficient (Wildman–Crippen LogP) is 1.90. The second kappa shape index (κ2) is 27.0. The fourth-order valence-electron chi connectivity index (χ4n) is 16.8. The monoisotopic (exact) mass is 1200 g/mol. The van der Waals surface area contributed by atoms with Crippen molar-refractivity contribution in [1.29, 1.82) is 0 Å². The number of ether oxygens (including phenoxy) is 15. The van der Waals surface area contributed by atoms with Gasteiger partial charge in [0, 0.05) is 64.6 Å². The van der Waals surface area contributed by atoms with E-state index < -0.39 is 177 Å². The standard InChI is InChI=1S/C60H100O24/c1-14-26(2)55(68)77-27(3)34-18-20-60(69)35-16-15-32-21-33(17-19-58(32,8)43(35)45(63)54(67)59(34,60)9)79-40-22-36(70-10)49(28(4)74-40)81-41-23-37(71-11)50(29(5)75-41)82-42-24-38(72-12)51(30(6)76-42)83-57-48(66)53(73-13)52(31(7)78-57)84-56-47(65)46(64)44(62)39(25-61)80-56/h14,27-54,56-57,61-67,69H,15-25H2,1-13H3. The van der Waals surface area contributed by atoms with Gasteiger partial charge in [0.25, 0.3) is 0 Å². The maximum atomic E-state index is 12.8. The lowest BCUT2D eigenvalue weighted by Crippen LogP contribution is -2.72. The molecular formula is C60H100O24. The van der Waals surface area contributed by atoms with Gasteiger partial charge in [-0.3, -0.25) is 0 Å². The average Bonchev–Trinajstić information content (AvgIpc) is 2.32. The zero-order valence-electron chi connectivity index (χ0n) is 51.3. The molecule has 4 saturated carbocycles. The van der Waals surface area contributed by atoms with Gasteiger partial charge in [-0.25, -0.2) is 4.79 Å². The summed E-state index contributed by atoms with van der Waals surface area (Å²) in [5, 5.41) is 89.7. The minimum atomic E-state index is -1.68. The van der Waals surface area contributed by atoms with Crippen molar-refractivity contribution in [2.75, 3.05) is 35.0 Å². The minimum absolute atomic E-state index is 0.119. The van der Waals surface area contributed by atoms with Gasteiger partial charge >= 0.3 is 5.97 Å². The summed E-state index contributed by atoms with van der Waals surface area (Å²) in [5.41, 5.74) is -2.18. The molecule has 9 aliphatic rings. The number of hydrogen-bond acceptors (Lipinski definition) is 24. The molecule has 8 N–H and O–H groups in total. The lowest BCUT2D eigenvalue weighted by atomic mass is 9.41. The normalized spacial score (nSPS) is 52.2. The molecule has 0 aromatic carbocycles. The van der Waals surface area contributed by atoms with Gasteiger partial charge in [-0.2, -0.15) is 0 Å². The number of fused-ring (bicyclic) bond motifs is 5. The minimum Gasteiger partial charge on any atom is -0.459 e. The first kappa shape index (κ1) is 66.7. The molecule has 33 unspecified atom stereocenters. The fraction of sp³-hybridized carbons (Fsp3) is 0.950. The van der Waals surface area contributed by atoms with Crippen molar-refractivity contribution in [3.05, 3.63) is 11.6 Å². The molecule has 5 heterocycles. The molecule has 0 amide bonds. The van der Waals surface area contributed by atoms with Crippen LogP contribution in [0.15, 0.2) is 11.6 Å². The SMILES string of the molecule is CC=C(C)C(=O)OC(C)C1CCC2(O)C3CCC4CC(OC5CC(OC)C(OC6CC(OC)C(OC7CC(OC)C(OC8OC(C)C(OC9OC(CO)C(O)C(O)C9O)C(OC)C8O)C(C)O7)C(C)O6)C(C)O5)CCC4(C)C3C(O)C(O)C12C. The Morgan fingerprint density at radius 2 is 1.12 bits per heavy atom. The van der Waals surface area contributed by atoms with E-state index in [1.807, 2.05) is 27.7 Å². The smallest absolute Gasteiger partial charge is 0.333 e. The van der Waals surface area contributed by atoms with E-state index in [4.69, 9.17) is 71.1 Å². The van der Waals surface area contributed by atoms with Crippen LogP contribution in [0.2, 0.25) is 0 Å². The zero-order chi connectivity index (χ0) is 61.1. The molecule has 484 valence electrons. The fourth-order valence-corrected chi connectivity index (χ4v) is 16.8. The summed E-state index contributed by atoms with van der Waals surface area (Å²) < 4.78 is 93.3. The second-order valence-corrected chi connectivity index (χ2v) is 26.2. The first-order valence-electron chi connectivity index (χ1n) is 30.7. The van der Waals surface area contributed by atoms with Crippen molar-refractivity contribution in [2.45, 2.75) is 292 Å². The Morgan fingerprint density at radius 3 is 1.65 bits per heavy atom. The highest BCUT2D eigenvalue weighted by Gasteiger charge is 2.74. The van der Waals surface area contributed by atoms with Crippen molar-refractivity contribution >= 4 is 5.97 Å². The quantitative estimate of drug-likeness (QED) is 0.0552. The number of methoxy groups -OCH3 is 4. The van der Waals surface area contributed by atoms with E-state index in [2.05, 4.69) is 6.92 Å². The molecule has 5 saturated heterocycles. The van der Waals surface area contributed by atoms with Crippen LogP contribution in [0.3, 0.4) is 0 Å². The molecule has 24 heteroatoms. The summed E-state index contributed by atoms with van der Waals surface area (Å²) >= 11 is 0. The van der Waals surface area contributed by atoms with Crippen LogP contribution in [-0.2, 0) is 75.8 Å². The average molecular weight is 1210 g/mol. The Kier molecular flexibility index (Phi) is 21.5. The van der Waals surface area contributed by atoms with Gasteiger partial charge in [0.15, 0.2) is 31.5 Å². The van der Waals surface area contributed by atoms with Crippen molar-refractivity contribution < 1.29 is 117 Å². The van der Waals surface area contributed by atoms with Crippen LogP contribution < -0.4 is 0 Å². The summed E-state index contributed by atoms with van der Waals surface area (Å²) in [6.45, 7) is 16.1. The highest BCUT2D eigenvalue weighted by Crippen LogP contribution is 2.69.